The van der Waals surface area contributed by atoms with Gasteiger partial charge in [-0.25, -0.2) is 9.18 Å². The van der Waals surface area contributed by atoms with E-state index < -0.39 is 5.97 Å². The van der Waals surface area contributed by atoms with Gasteiger partial charge in [0.25, 0.3) is 0 Å². The standard InChI is InChI=1S/C21H16FNO2/c1-15-2-12-20(13-3-15)25-21(24)17-6-10-19(11-7-17)23-14-16-4-8-18(22)9-5-16/h2-14H,1H3. The van der Waals surface area contributed by atoms with Crippen LogP contribution in [-0.4, -0.2) is 12.2 Å². The Morgan fingerprint density at radius 2 is 1.56 bits per heavy atom. The van der Waals surface area contributed by atoms with Crippen LogP contribution < -0.4 is 4.74 Å². The number of rotatable bonds is 4. The second-order valence-electron chi connectivity index (χ2n) is 5.56. The zero-order chi connectivity index (χ0) is 17.6. The van der Waals surface area contributed by atoms with Gasteiger partial charge < -0.3 is 4.74 Å². The summed E-state index contributed by atoms with van der Waals surface area (Å²) in [5.74, 6) is -0.194. The van der Waals surface area contributed by atoms with Gasteiger partial charge in [0, 0.05) is 6.21 Å². The van der Waals surface area contributed by atoms with Gasteiger partial charge in [-0.05, 0) is 61.0 Å². The Labute approximate surface area is 145 Å². The predicted octanol–water partition coefficient (Wildman–Crippen LogP) is 5.10. The zero-order valence-corrected chi connectivity index (χ0v) is 13.6. The second-order valence-corrected chi connectivity index (χ2v) is 5.56. The molecule has 0 aliphatic heterocycles. The largest absolute Gasteiger partial charge is 0.423 e. The number of carbonyl (C=O) groups excluding carboxylic acids is 1. The van der Waals surface area contributed by atoms with E-state index in [-0.39, 0.29) is 5.82 Å². The van der Waals surface area contributed by atoms with Crippen LogP contribution in [-0.2, 0) is 0 Å². The molecule has 0 saturated carbocycles. The lowest BCUT2D eigenvalue weighted by Gasteiger charge is -2.05. The van der Waals surface area contributed by atoms with Crippen LogP contribution in [0, 0.1) is 12.7 Å². The van der Waals surface area contributed by atoms with Crippen molar-refractivity contribution in [2.45, 2.75) is 6.92 Å². The molecule has 0 saturated heterocycles. The van der Waals surface area contributed by atoms with E-state index in [9.17, 15) is 9.18 Å². The highest BCUT2D eigenvalue weighted by Crippen LogP contribution is 2.17. The maximum Gasteiger partial charge on any atom is 0.343 e. The Hall–Kier alpha value is -3.27. The van der Waals surface area contributed by atoms with Crippen LogP contribution >= 0.6 is 0 Å². The van der Waals surface area contributed by atoms with E-state index in [0.29, 0.717) is 17.0 Å². The summed E-state index contributed by atoms with van der Waals surface area (Å²) < 4.78 is 18.2. The van der Waals surface area contributed by atoms with Crippen molar-refractivity contribution in [1.29, 1.82) is 0 Å². The summed E-state index contributed by atoms with van der Waals surface area (Å²) >= 11 is 0. The summed E-state index contributed by atoms with van der Waals surface area (Å²) in [5.41, 5.74) is 3.03. The first-order chi connectivity index (χ1) is 12.1. The molecular formula is C21H16FNO2. The van der Waals surface area contributed by atoms with Crippen molar-refractivity contribution in [3.05, 3.63) is 95.3 Å². The monoisotopic (exact) mass is 333 g/mol. The lowest BCUT2D eigenvalue weighted by Crippen LogP contribution is -2.07. The molecule has 0 heterocycles. The fraction of sp³-hybridized carbons (Fsp3) is 0.0476. The van der Waals surface area contributed by atoms with Crippen LogP contribution in [0.25, 0.3) is 0 Å². The number of aryl methyl sites for hydroxylation is 1. The van der Waals surface area contributed by atoms with Crippen molar-refractivity contribution in [1.82, 2.24) is 0 Å². The minimum absolute atomic E-state index is 0.284. The van der Waals surface area contributed by atoms with Gasteiger partial charge in [0.05, 0.1) is 11.3 Å². The average molecular weight is 333 g/mol. The molecule has 0 fully saturated rings. The van der Waals surface area contributed by atoms with Crippen molar-refractivity contribution in [2.75, 3.05) is 0 Å². The number of benzene rings is 3. The van der Waals surface area contributed by atoms with Crippen LogP contribution in [0.4, 0.5) is 10.1 Å². The number of esters is 1. The molecule has 0 bridgehead atoms. The van der Waals surface area contributed by atoms with Crippen LogP contribution in [0.3, 0.4) is 0 Å². The summed E-state index contributed by atoms with van der Waals surface area (Å²) in [6.45, 7) is 1.97. The van der Waals surface area contributed by atoms with Gasteiger partial charge in [-0.2, -0.15) is 0 Å². The highest BCUT2D eigenvalue weighted by Gasteiger charge is 2.08. The molecule has 4 heteroatoms. The molecule has 124 valence electrons. The first-order valence-electron chi connectivity index (χ1n) is 7.79. The zero-order valence-electron chi connectivity index (χ0n) is 13.6. The third-order valence-corrected chi connectivity index (χ3v) is 3.57. The predicted molar refractivity (Wildman–Crippen MR) is 96.2 cm³/mol. The van der Waals surface area contributed by atoms with E-state index >= 15 is 0 Å². The molecule has 0 aliphatic carbocycles. The normalized spacial score (nSPS) is 10.8. The summed E-state index contributed by atoms with van der Waals surface area (Å²) in [4.78, 5) is 16.4. The second kappa shape index (κ2) is 7.53. The Morgan fingerprint density at radius 1 is 0.920 bits per heavy atom. The van der Waals surface area contributed by atoms with Gasteiger partial charge in [0.2, 0.25) is 0 Å². The van der Waals surface area contributed by atoms with E-state index in [1.54, 1.807) is 54.7 Å². The lowest BCUT2D eigenvalue weighted by molar-refractivity contribution is 0.0735. The number of halogens is 1. The van der Waals surface area contributed by atoms with E-state index in [1.807, 2.05) is 19.1 Å². The van der Waals surface area contributed by atoms with Crippen molar-refractivity contribution >= 4 is 17.9 Å². The summed E-state index contributed by atoms with van der Waals surface area (Å²) in [7, 11) is 0. The van der Waals surface area contributed by atoms with Gasteiger partial charge in [0.15, 0.2) is 0 Å². The van der Waals surface area contributed by atoms with Gasteiger partial charge >= 0.3 is 5.97 Å². The molecule has 3 nitrogen and oxygen atoms in total. The van der Waals surface area contributed by atoms with Crippen LogP contribution in [0.2, 0.25) is 0 Å². The van der Waals surface area contributed by atoms with Crippen LogP contribution in [0.1, 0.15) is 21.5 Å². The number of ether oxygens (including phenoxy) is 1. The highest BCUT2D eigenvalue weighted by molar-refractivity contribution is 5.91. The van der Waals surface area contributed by atoms with Gasteiger partial charge in [0.1, 0.15) is 11.6 Å². The Morgan fingerprint density at radius 3 is 2.20 bits per heavy atom. The van der Waals surface area contributed by atoms with Gasteiger partial charge in [-0.1, -0.05) is 29.8 Å². The maximum atomic E-state index is 12.9. The topological polar surface area (TPSA) is 38.7 Å². The first kappa shape index (κ1) is 16.6. The van der Waals surface area contributed by atoms with E-state index in [4.69, 9.17) is 4.74 Å². The molecule has 0 radical (unpaired) electrons. The van der Waals surface area contributed by atoms with Crippen molar-refractivity contribution < 1.29 is 13.9 Å². The molecule has 0 aromatic heterocycles. The molecule has 3 aromatic rings. The summed E-state index contributed by atoms with van der Waals surface area (Å²) in [5, 5.41) is 0. The molecule has 25 heavy (non-hydrogen) atoms. The van der Waals surface area contributed by atoms with Crippen molar-refractivity contribution in [3.8, 4) is 5.75 Å². The maximum absolute atomic E-state index is 12.9. The Bertz CT molecular complexity index is 883. The molecule has 3 rings (SSSR count). The number of aliphatic imine (C=N–C) groups is 1. The quantitative estimate of drug-likeness (QED) is 0.378. The lowest BCUT2D eigenvalue weighted by atomic mass is 10.2. The van der Waals surface area contributed by atoms with Crippen molar-refractivity contribution in [3.63, 3.8) is 0 Å². The molecule has 3 aromatic carbocycles. The molecular weight excluding hydrogens is 317 g/mol. The van der Waals surface area contributed by atoms with E-state index in [2.05, 4.69) is 4.99 Å². The molecule has 0 spiro atoms. The fourth-order valence-corrected chi connectivity index (χ4v) is 2.15. The first-order valence-corrected chi connectivity index (χ1v) is 7.79. The third-order valence-electron chi connectivity index (χ3n) is 3.57. The third kappa shape index (κ3) is 4.61. The molecule has 0 N–H and O–H groups in total. The molecule has 0 aliphatic rings. The number of nitrogens with zero attached hydrogens (tertiary/aromatic N) is 1. The average Bonchev–Trinajstić information content (AvgIpc) is 2.63. The number of hydrogen-bond acceptors (Lipinski definition) is 3. The minimum atomic E-state index is -0.419. The summed E-state index contributed by atoms with van der Waals surface area (Å²) in [6.07, 6.45) is 1.64. The van der Waals surface area contributed by atoms with Gasteiger partial charge in [-0.15, -0.1) is 0 Å². The van der Waals surface area contributed by atoms with Crippen molar-refractivity contribution in [2.24, 2.45) is 4.99 Å². The SMILES string of the molecule is Cc1ccc(OC(=O)c2ccc(N=Cc3ccc(F)cc3)cc2)cc1. The highest BCUT2D eigenvalue weighted by atomic mass is 19.1. The van der Waals surface area contributed by atoms with Gasteiger partial charge in [-0.3, -0.25) is 4.99 Å². The summed E-state index contributed by atoms with van der Waals surface area (Å²) in [6, 6.07) is 20.1. The fourth-order valence-electron chi connectivity index (χ4n) is 2.15. The molecule has 0 atom stereocenters. The number of carbonyl (C=O) groups is 1. The minimum Gasteiger partial charge on any atom is -0.423 e. The molecule has 0 unspecified atom stereocenters. The van der Waals surface area contributed by atoms with Crippen LogP contribution in [0.15, 0.2) is 77.8 Å². The Balaban J connectivity index is 1.66. The number of hydrogen-bond donors (Lipinski definition) is 0. The van der Waals surface area contributed by atoms with E-state index in [1.165, 1.54) is 12.1 Å². The molecule has 0 amide bonds. The van der Waals surface area contributed by atoms with E-state index in [0.717, 1.165) is 11.1 Å². The smallest absolute Gasteiger partial charge is 0.343 e. The Kier molecular flexibility index (Phi) is 5.00. The van der Waals surface area contributed by atoms with Crippen LogP contribution in [0.5, 0.6) is 5.75 Å².